The number of rotatable bonds is 3. The van der Waals surface area contributed by atoms with Gasteiger partial charge in [0.25, 0.3) is 5.91 Å². The Morgan fingerprint density at radius 2 is 1.96 bits per heavy atom. The fraction of sp³-hybridized carbons (Fsp3) is 0.429. The number of carbonyl (C=O) groups excluding carboxylic acids is 1. The normalized spacial score (nSPS) is 20.2. The van der Waals surface area contributed by atoms with Gasteiger partial charge in [-0.1, -0.05) is 26.0 Å². The van der Waals surface area contributed by atoms with Gasteiger partial charge in [-0.25, -0.2) is 0 Å². The summed E-state index contributed by atoms with van der Waals surface area (Å²) in [6.45, 7) is 6.15. The Balaban J connectivity index is 1.71. The number of likely N-dealkylation sites (tertiary alicyclic amines) is 1. The van der Waals surface area contributed by atoms with Crippen LogP contribution in [0.5, 0.6) is 5.75 Å². The van der Waals surface area contributed by atoms with Crippen LogP contribution in [0.4, 0.5) is 0 Å². The molecule has 142 valence electrons. The number of amides is 1. The van der Waals surface area contributed by atoms with Gasteiger partial charge in [0.2, 0.25) is 0 Å². The topological polar surface area (TPSA) is 47.4 Å². The number of thiophene rings is 1. The van der Waals surface area contributed by atoms with Crippen molar-refractivity contribution >= 4 is 27.5 Å². The second kappa shape index (κ2) is 7.00. The van der Waals surface area contributed by atoms with Crippen LogP contribution in [0, 0.1) is 11.8 Å². The predicted octanol–water partition coefficient (Wildman–Crippen LogP) is 4.43. The lowest BCUT2D eigenvalue weighted by Crippen LogP contribution is -2.42. The lowest BCUT2D eigenvalue weighted by atomic mass is 9.92. The molecule has 2 aromatic heterocycles. The van der Waals surface area contributed by atoms with Gasteiger partial charge >= 0.3 is 0 Å². The standard InChI is InChI=1S/C21H25N3O2S/c1-13-8-14(2)12-24(11-13)20(25)18-10-17-19(22-23(3)21(17)27-18)15-6-5-7-16(9-15)26-4/h5-7,9-10,13-14H,8,11-12H2,1-4H3/t13-,14+. The highest BCUT2D eigenvalue weighted by Gasteiger charge is 2.28. The summed E-state index contributed by atoms with van der Waals surface area (Å²) >= 11 is 1.53. The fourth-order valence-corrected chi connectivity index (χ4v) is 5.15. The van der Waals surface area contributed by atoms with Gasteiger partial charge in [-0.2, -0.15) is 5.10 Å². The van der Waals surface area contributed by atoms with Crippen molar-refractivity contribution in [2.24, 2.45) is 18.9 Å². The number of nitrogens with zero attached hydrogens (tertiary/aromatic N) is 3. The van der Waals surface area contributed by atoms with Gasteiger partial charge in [0.05, 0.1) is 12.0 Å². The average molecular weight is 384 g/mol. The SMILES string of the molecule is COc1cccc(-c2nn(C)c3sc(C(=O)N4C[C@H](C)C[C@H](C)C4)cc23)c1. The number of aromatic nitrogens is 2. The summed E-state index contributed by atoms with van der Waals surface area (Å²) in [4.78, 5) is 16.9. The van der Waals surface area contributed by atoms with Crippen LogP contribution in [0.3, 0.4) is 0 Å². The monoisotopic (exact) mass is 383 g/mol. The Labute approximate surface area is 163 Å². The Bertz CT molecular complexity index is 981. The first-order chi connectivity index (χ1) is 13.0. The van der Waals surface area contributed by atoms with Crippen molar-refractivity contribution in [1.82, 2.24) is 14.7 Å². The third-order valence-corrected chi connectivity index (χ3v) is 6.41. The molecule has 27 heavy (non-hydrogen) atoms. The highest BCUT2D eigenvalue weighted by Crippen LogP contribution is 2.35. The van der Waals surface area contributed by atoms with Crippen LogP contribution >= 0.6 is 11.3 Å². The molecule has 0 saturated carbocycles. The summed E-state index contributed by atoms with van der Waals surface area (Å²) in [7, 11) is 3.59. The molecule has 3 heterocycles. The minimum Gasteiger partial charge on any atom is -0.497 e. The molecule has 0 radical (unpaired) electrons. The highest BCUT2D eigenvalue weighted by molar-refractivity contribution is 7.20. The van der Waals surface area contributed by atoms with Gasteiger partial charge in [-0.15, -0.1) is 11.3 Å². The first-order valence-corrected chi connectivity index (χ1v) is 10.2. The van der Waals surface area contributed by atoms with E-state index in [9.17, 15) is 4.79 Å². The molecule has 1 aliphatic heterocycles. The van der Waals surface area contributed by atoms with E-state index in [2.05, 4.69) is 18.9 Å². The molecular formula is C21H25N3O2S. The predicted molar refractivity (Wildman–Crippen MR) is 109 cm³/mol. The van der Waals surface area contributed by atoms with Crippen molar-refractivity contribution < 1.29 is 9.53 Å². The van der Waals surface area contributed by atoms with Crippen LogP contribution < -0.4 is 4.74 Å². The largest absolute Gasteiger partial charge is 0.497 e. The number of ether oxygens (including phenoxy) is 1. The van der Waals surface area contributed by atoms with Gasteiger partial charge < -0.3 is 9.64 Å². The molecular weight excluding hydrogens is 358 g/mol. The molecule has 5 nitrogen and oxygen atoms in total. The van der Waals surface area contributed by atoms with Gasteiger partial charge in [-0.05, 0) is 36.5 Å². The highest BCUT2D eigenvalue weighted by atomic mass is 32.1. The number of hydrogen-bond donors (Lipinski definition) is 0. The molecule has 0 bridgehead atoms. The maximum atomic E-state index is 13.1. The van der Waals surface area contributed by atoms with Gasteiger partial charge in [0.15, 0.2) is 0 Å². The Morgan fingerprint density at radius 3 is 2.67 bits per heavy atom. The van der Waals surface area contributed by atoms with E-state index in [4.69, 9.17) is 4.74 Å². The molecule has 1 fully saturated rings. The lowest BCUT2D eigenvalue weighted by Gasteiger charge is -2.34. The van der Waals surface area contributed by atoms with E-state index in [1.807, 2.05) is 47.0 Å². The molecule has 0 N–H and O–H groups in total. The van der Waals surface area contributed by atoms with Crippen molar-refractivity contribution in [2.75, 3.05) is 20.2 Å². The van der Waals surface area contributed by atoms with Crippen molar-refractivity contribution in [3.8, 4) is 17.0 Å². The number of hydrogen-bond acceptors (Lipinski definition) is 4. The van der Waals surface area contributed by atoms with Crippen LogP contribution in [0.25, 0.3) is 21.5 Å². The molecule has 1 aliphatic rings. The molecule has 1 amide bonds. The summed E-state index contributed by atoms with van der Waals surface area (Å²) in [6.07, 6.45) is 1.19. The van der Waals surface area contributed by atoms with Crippen molar-refractivity contribution in [3.05, 3.63) is 35.2 Å². The zero-order valence-electron chi connectivity index (χ0n) is 16.2. The van der Waals surface area contributed by atoms with Crippen LogP contribution in [-0.4, -0.2) is 40.8 Å². The van der Waals surface area contributed by atoms with Crippen molar-refractivity contribution in [3.63, 3.8) is 0 Å². The molecule has 1 saturated heterocycles. The van der Waals surface area contributed by atoms with Crippen LogP contribution in [0.2, 0.25) is 0 Å². The third kappa shape index (κ3) is 3.34. The minimum atomic E-state index is 0.145. The van der Waals surface area contributed by atoms with Gasteiger partial charge in [0, 0.05) is 31.1 Å². The van der Waals surface area contributed by atoms with Gasteiger partial charge in [0.1, 0.15) is 16.3 Å². The fourth-order valence-electron chi connectivity index (χ4n) is 4.11. The van der Waals surface area contributed by atoms with E-state index in [0.717, 1.165) is 45.2 Å². The molecule has 0 unspecified atom stereocenters. The number of aryl methyl sites for hydroxylation is 1. The quantitative estimate of drug-likeness (QED) is 0.672. The molecule has 1 aromatic carbocycles. The smallest absolute Gasteiger partial charge is 0.264 e. The van der Waals surface area contributed by atoms with Crippen LogP contribution in [0.15, 0.2) is 30.3 Å². The van der Waals surface area contributed by atoms with E-state index in [1.54, 1.807) is 7.11 Å². The summed E-state index contributed by atoms with van der Waals surface area (Å²) in [5.41, 5.74) is 1.89. The van der Waals surface area contributed by atoms with Crippen LogP contribution in [0.1, 0.15) is 29.9 Å². The van der Waals surface area contributed by atoms with E-state index in [0.29, 0.717) is 11.8 Å². The second-order valence-electron chi connectivity index (χ2n) is 7.69. The third-order valence-electron chi connectivity index (χ3n) is 5.22. The molecule has 2 atom stereocenters. The first-order valence-electron chi connectivity index (χ1n) is 9.36. The summed E-state index contributed by atoms with van der Waals surface area (Å²) < 4.78 is 7.21. The molecule has 3 aromatic rings. The van der Waals surface area contributed by atoms with E-state index in [1.165, 1.54) is 17.8 Å². The lowest BCUT2D eigenvalue weighted by molar-refractivity contribution is 0.0628. The number of methoxy groups -OCH3 is 1. The van der Waals surface area contributed by atoms with Crippen LogP contribution in [-0.2, 0) is 7.05 Å². The minimum absolute atomic E-state index is 0.145. The molecule has 0 spiro atoms. The van der Waals surface area contributed by atoms with Gasteiger partial charge in [-0.3, -0.25) is 9.48 Å². The van der Waals surface area contributed by atoms with E-state index in [-0.39, 0.29) is 5.91 Å². The number of benzene rings is 1. The molecule has 0 aliphatic carbocycles. The Hall–Kier alpha value is -2.34. The Morgan fingerprint density at radius 1 is 1.22 bits per heavy atom. The van der Waals surface area contributed by atoms with Crippen molar-refractivity contribution in [1.29, 1.82) is 0 Å². The average Bonchev–Trinajstić information content (AvgIpc) is 3.21. The maximum absolute atomic E-state index is 13.1. The molecule has 6 heteroatoms. The zero-order valence-corrected chi connectivity index (χ0v) is 17.0. The van der Waals surface area contributed by atoms with E-state index < -0.39 is 0 Å². The summed E-state index contributed by atoms with van der Waals surface area (Å²) in [5, 5.41) is 5.70. The number of piperidine rings is 1. The zero-order chi connectivity index (χ0) is 19.1. The number of fused-ring (bicyclic) bond motifs is 1. The second-order valence-corrected chi connectivity index (χ2v) is 8.72. The summed E-state index contributed by atoms with van der Waals surface area (Å²) in [5.74, 6) is 2.06. The maximum Gasteiger partial charge on any atom is 0.264 e. The summed E-state index contributed by atoms with van der Waals surface area (Å²) in [6, 6.07) is 9.90. The Kier molecular flexibility index (Phi) is 4.68. The van der Waals surface area contributed by atoms with Crippen molar-refractivity contribution in [2.45, 2.75) is 20.3 Å². The first kappa shape index (κ1) is 18.0. The molecule has 4 rings (SSSR count). The number of carbonyl (C=O) groups is 1. The van der Waals surface area contributed by atoms with E-state index >= 15 is 0 Å².